The van der Waals surface area contributed by atoms with E-state index in [4.69, 9.17) is 0 Å². The average molecular weight is 281 g/mol. The molecule has 1 aromatic heterocycles. The van der Waals surface area contributed by atoms with Crippen LogP contribution in [0.5, 0.6) is 0 Å². The van der Waals surface area contributed by atoms with Gasteiger partial charge in [-0.05, 0) is 42.0 Å². The number of carbonyl (C=O) groups excluding carboxylic acids is 1. The number of amides is 2. The van der Waals surface area contributed by atoms with E-state index in [0.717, 1.165) is 5.56 Å². The largest absolute Gasteiger partial charge is 0.334 e. The van der Waals surface area contributed by atoms with Crippen LogP contribution < -0.4 is 10.6 Å². The molecule has 4 nitrogen and oxygen atoms in total. The summed E-state index contributed by atoms with van der Waals surface area (Å²) in [5.41, 5.74) is 2.22. The Morgan fingerprint density at radius 3 is 2.52 bits per heavy atom. The zero-order chi connectivity index (χ0) is 14.5. The minimum atomic E-state index is -0.118. The normalized spacial score (nSPS) is 15.2. The first kappa shape index (κ1) is 13.6. The Bertz CT molecular complexity index is 581. The number of hydrogen-bond acceptors (Lipinski definition) is 2. The lowest BCUT2D eigenvalue weighted by molar-refractivity contribution is 0.235. The molecular formula is C17H19N3O. The lowest BCUT2D eigenvalue weighted by Gasteiger charge is -2.19. The third-order valence-electron chi connectivity index (χ3n) is 3.74. The fraction of sp³-hybridized carbons (Fsp3) is 0.294. The fourth-order valence-corrected chi connectivity index (χ4v) is 2.44. The van der Waals surface area contributed by atoms with Gasteiger partial charge in [0, 0.05) is 18.9 Å². The lowest BCUT2D eigenvalue weighted by Crippen LogP contribution is -2.38. The Hall–Kier alpha value is -2.36. The molecule has 4 heteroatoms. The standard InChI is InChI=1S/C17H19N3O/c21-17(19-12-13-8-10-18-11-9-13)20-16(15-6-7-15)14-4-2-1-3-5-14/h1-5,8-11,15-16H,6-7,12H2,(H2,19,20,21). The molecule has 0 radical (unpaired) electrons. The van der Waals surface area contributed by atoms with Crippen molar-refractivity contribution in [2.24, 2.45) is 5.92 Å². The summed E-state index contributed by atoms with van der Waals surface area (Å²) in [7, 11) is 0. The summed E-state index contributed by atoms with van der Waals surface area (Å²) in [5, 5.41) is 6.00. The van der Waals surface area contributed by atoms with E-state index >= 15 is 0 Å². The summed E-state index contributed by atoms with van der Waals surface area (Å²) < 4.78 is 0. The lowest BCUT2D eigenvalue weighted by atomic mass is 10.0. The van der Waals surface area contributed by atoms with Gasteiger partial charge in [0.15, 0.2) is 0 Å². The number of pyridine rings is 1. The number of nitrogens with zero attached hydrogens (tertiary/aromatic N) is 1. The molecule has 1 saturated carbocycles. The van der Waals surface area contributed by atoms with Crippen LogP contribution in [0, 0.1) is 5.92 Å². The van der Waals surface area contributed by atoms with Gasteiger partial charge in [-0.3, -0.25) is 4.98 Å². The molecule has 108 valence electrons. The van der Waals surface area contributed by atoms with Crippen LogP contribution >= 0.6 is 0 Å². The molecule has 1 aliphatic rings. The van der Waals surface area contributed by atoms with Crippen molar-refractivity contribution in [3.8, 4) is 0 Å². The van der Waals surface area contributed by atoms with Gasteiger partial charge in [-0.25, -0.2) is 4.79 Å². The molecule has 1 heterocycles. The average Bonchev–Trinajstić information content (AvgIpc) is 3.37. The Morgan fingerprint density at radius 2 is 1.86 bits per heavy atom. The van der Waals surface area contributed by atoms with Crippen LogP contribution in [0.15, 0.2) is 54.9 Å². The van der Waals surface area contributed by atoms with Gasteiger partial charge in [0.1, 0.15) is 0 Å². The minimum absolute atomic E-state index is 0.114. The van der Waals surface area contributed by atoms with Crippen molar-refractivity contribution in [2.45, 2.75) is 25.4 Å². The number of carbonyl (C=O) groups is 1. The quantitative estimate of drug-likeness (QED) is 0.885. The molecule has 0 aliphatic heterocycles. The fourth-order valence-electron chi connectivity index (χ4n) is 2.44. The molecule has 1 aliphatic carbocycles. The number of benzene rings is 1. The molecule has 0 bridgehead atoms. The van der Waals surface area contributed by atoms with E-state index in [-0.39, 0.29) is 12.1 Å². The summed E-state index contributed by atoms with van der Waals surface area (Å²) in [6, 6.07) is 14.0. The van der Waals surface area contributed by atoms with Crippen molar-refractivity contribution in [3.63, 3.8) is 0 Å². The van der Waals surface area contributed by atoms with Gasteiger partial charge < -0.3 is 10.6 Å². The molecule has 0 saturated heterocycles. The van der Waals surface area contributed by atoms with Crippen LogP contribution in [0.1, 0.15) is 30.0 Å². The number of nitrogens with one attached hydrogen (secondary N) is 2. The summed E-state index contributed by atoms with van der Waals surface area (Å²) in [6.45, 7) is 0.514. The summed E-state index contributed by atoms with van der Waals surface area (Å²) in [6.07, 6.45) is 5.83. The topological polar surface area (TPSA) is 54.0 Å². The summed E-state index contributed by atoms with van der Waals surface area (Å²) >= 11 is 0. The molecular weight excluding hydrogens is 262 g/mol. The van der Waals surface area contributed by atoms with E-state index in [1.807, 2.05) is 30.3 Å². The van der Waals surface area contributed by atoms with Crippen molar-refractivity contribution in [1.82, 2.24) is 15.6 Å². The smallest absolute Gasteiger partial charge is 0.315 e. The van der Waals surface area contributed by atoms with Crippen molar-refractivity contribution >= 4 is 6.03 Å². The molecule has 21 heavy (non-hydrogen) atoms. The monoisotopic (exact) mass is 281 g/mol. The summed E-state index contributed by atoms with van der Waals surface area (Å²) in [5.74, 6) is 0.569. The molecule has 2 aromatic rings. The van der Waals surface area contributed by atoms with Crippen molar-refractivity contribution in [1.29, 1.82) is 0 Å². The van der Waals surface area contributed by atoms with Crippen molar-refractivity contribution < 1.29 is 4.79 Å². The molecule has 1 fully saturated rings. The summed E-state index contributed by atoms with van der Waals surface area (Å²) in [4.78, 5) is 16.1. The Balaban J connectivity index is 1.57. The van der Waals surface area contributed by atoms with Crippen LogP contribution in [0.25, 0.3) is 0 Å². The zero-order valence-corrected chi connectivity index (χ0v) is 11.8. The Morgan fingerprint density at radius 1 is 1.14 bits per heavy atom. The maximum atomic E-state index is 12.1. The first-order valence-electron chi connectivity index (χ1n) is 7.31. The predicted molar refractivity (Wildman–Crippen MR) is 81.5 cm³/mol. The van der Waals surface area contributed by atoms with Crippen molar-refractivity contribution in [2.75, 3.05) is 0 Å². The number of urea groups is 1. The second-order valence-corrected chi connectivity index (χ2v) is 5.41. The second kappa shape index (κ2) is 6.39. The molecule has 1 unspecified atom stereocenters. The first-order chi connectivity index (χ1) is 10.3. The molecule has 0 spiro atoms. The van der Waals surface area contributed by atoms with Gasteiger partial charge in [0.2, 0.25) is 0 Å². The molecule has 1 aromatic carbocycles. The highest BCUT2D eigenvalue weighted by molar-refractivity contribution is 5.74. The van der Waals surface area contributed by atoms with Crippen LogP contribution in [0.4, 0.5) is 4.79 Å². The van der Waals surface area contributed by atoms with E-state index < -0.39 is 0 Å². The highest BCUT2D eigenvalue weighted by atomic mass is 16.2. The van der Waals surface area contributed by atoms with Gasteiger partial charge in [-0.15, -0.1) is 0 Å². The Kier molecular flexibility index (Phi) is 4.15. The zero-order valence-electron chi connectivity index (χ0n) is 11.8. The maximum Gasteiger partial charge on any atom is 0.315 e. The van der Waals surface area contributed by atoms with E-state index in [1.165, 1.54) is 18.4 Å². The molecule has 2 N–H and O–H groups in total. The van der Waals surface area contributed by atoms with E-state index in [2.05, 4.69) is 27.8 Å². The minimum Gasteiger partial charge on any atom is -0.334 e. The molecule has 3 rings (SSSR count). The second-order valence-electron chi connectivity index (χ2n) is 5.41. The number of rotatable bonds is 5. The molecule has 2 amide bonds. The van der Waals surface area contributed by atoms with E-state index in [1.54, 1.807) is 12.4 Å². The highest BCUT2D eigenvalue weighted by Gasteiger charge is 2.33. The number of aromatic nitrogens is 1. The third-order valence-corrected chi connectivity index (χ3v) is 3.74. The van der Waals surface area contributed by atoms with Crippen LogP contribution in [0.2, 0.25) is 0 Å². The maximum absolute atomic E-state index is 12.1. The van der Waals surface area contributed by atoms with Gasteiger partial charge in [-0.2, -0.15) is 0 Å². The van der Waals surface area contributed by atoms with E-state index in [9.17, 15) is 4.79 Å². The van der Waals surface area contributed by atoms with Gasteiger partial charge in [0.25, 0.3) is 0 Å². The van der Waals surface area contributed by atoms with Gasteiger partial charge in [0.05, 0.1) is 6.04 Å². The van der Waals surface area contributed by atoms with Crippen molar-refractivity contribution in [3.05, 3.63) is 66.0 Å². The Labute approximate surface area is 124 Å². The SMILES string of the molecule is O=C(NCc1ccncc1)NC(c1ccccc1)C1CC1. The highest BCUT2D eigenvalue weighted by Crippen LogP contribution is 2.40. The van der Waals surface area contributed by atoms with Crippen LogP contribution in [0.3, 0.4) is 0 Å². The van der Waals surface area contributed by atoms with Crippen LogP contribution in [-0.2, 0) is 6.54 Å². The first-order valence-corrected chi connectivity index (χ1v) is 7.31. The van der Waals surface area contributed by atoms with Gasteiger partial charge >= 0.3 is 6.03 Å². The third kappa shape index (κ3) is 3.81. The predicted octanol–water partition coefficient (Wildman–Crippen LogP) is 3.03. The molecule has 1 atom stereocenters. The van der Waals surface area contributed by atoms with Gasteiger partial charge in [-0.1, -0.05) is 30.3 Å². The number of hydrogen-bond donors (Lipinski definition) is 2. The van der Waals surface area contributed by atoms with Crippen LogP contribution in [-0.4, -0.2) is 11.0 Å². The van der Waals surface area contributed by atoms with E-state index in [0.29, 0.717) is 12.5 Å².